The van der Waals surface area contributed by atoms with Crippen LogP contribution < -0.4 is 10.6 Å². The van der Waals surface area contributed by atoms with Crippen molar-refractivity contribution in [2.75, 3.05) is 18.4 Å². The van der Waals surface area contributed by atoms with Crippen molar-refractivity contribution in [1.82, 2.24) is 15.2 Å². The Kier molecular flexibility index (Phi) is 4.56. The van der Waals surface area contributed by atoms with Gasteiger partial charge in [0.2, 0.25) is 5.91 Å². The van der Waals surface area contributed by atoms with Crippen LogP contribution in [0, 0.1) is 0 Å². The van der Waals surface area contributed by atoms with E-state index in [4.69, 9.17) is 0 Å². The molecule has 1 spiro atoms. The van der Waals surface area contributed by atoms with Crippen LogP contribution in [0.5, 0.6) is 0 Å². The summed E-state index contributed by atoms with van der Waals surface area (Å²) in [7, 11) is 0. The summed E-state index contributed by atoms with van der Waals surface area (Å²) in [6.45, 7) is 3.18. The first-order chi connectivity index (χ1) is 13.1. The van der Waals surface area contributed by atoms with Gasteiger partial charge < -0.3 is 15.5 Å². The highest BCUT2D eigenvalue weighted by Gasteiger charge is 2.48. The molecule has 3 amide bonds. The molecule has 1 saturated heterocycles. The first-order valence-electron chi connectivity index (χ1n) is 9.50. The number of fused-ring (bicyclic) bond motifs is 2. The summed E-state index contributed by atoms with van der Waals surface area (Å²) >= 11 is 0. The van der Waals surface area contributed by atoms with Gasteiger partial charge in [-0.05, 0) is 42.5 Å². The number of rotatable bonds is 3. The van der Waals surface area contributed by atoms with Gasteiger partial charge in [-0.15, -0.1) is 0 Å². The van der Waals surface area contributed by atoms with Crippen LogP contribution >= 0.6 is 0 Å². The number of aromatic nitrogens is 1. The van der Waals surface area contributed by atoms with Gasteiger partial charge in [-0.25, -0.2) is 4.79 Å². The van der Waals surface area contributed by atoms with Gasteiger partial charge in [-0.1, -0.05) is 31.2 Å². The Morgan fingerprint density at radius 1 is 1.26 bits per heavy atom. The maximum atomic E-state index is 12.8. The number of likely N-dealkylation sites (tertiary alicyclic amines) is 1. The number of benzene rings is 1. The lowest BCUT2D eigenvalue weighted by molar-refractivity contribution is -0.122. The summed E-state index contributed by atoms with van der Waals surface area (Å²) in [6, 6.07) is 11.6. The molecular formula is C21H24N4O2. The SMILES string of the molecule is CCC(NC(=O)N1CCC2(CC1)C(=O)Nc1ccccc12)c1cccnc1. The lowest BCUT2D eigenvalue weighted by Gasteiger charge is -2.38. The topological polar surface area (TPSA) is 74.3 Å². The van der Waals surface area contributed by atoms with Gasteiger partial charge in [-0.3, -0.25) is 9.78 Å². The van der Waals surface area contributed by atoms with E-state index in [9.17, 15) is 9.59 Å². The average molecular weight is 364 g/mol. The third-order valence-corrected chi connectivity index (χ3v) is 5.82. The molecule has 0 aliphatic carbocycles. The summed E-state index contributed by atoms with van der Waals surface area (Å²) in [5, 5.41) is 6.11. The van der Waals surface area contributed by atoms with Crippen molar-refractivity contribution in [3.8, 4) is 0 Å². The predicted octanol–water partition coefficient (Wildman–Crippen LogP) is 3.23. The fourth-order valence-electron chi connectivity index (χ4n) is 4.21. The third-order valence-electron chi connectivity index (χ3n) is 5.82. The predicted molar refractivity (Wildman–Crippen MR) is 103 cm³/mol. The van der Waals surface area contributed by atoms with Gasteiger partial charge in [-0.2, -0.15) is 0 Å². The van der Waals surface area contributed by atoms with E-state index in [2.05, 4.69) is 15.6 Å². The zero-order valence-electron chi connectivity index (χ0n) is 15.4. The van der Waals surface area contributed by atoms with Gasteiger partial charge in [0.1, 0.15) is 0 Å². The van der Waals surface area contributed by atoms with Gasteiger partial charge in [0.05, 0.1) is 11.5 Å². The molecule has 4 rings (SSSR count). The van der Waals surface area contributed by atoms with Crippen molar-refractivity contribution in [2.24, 2.45) is 0 Å². The molecule has 1 atom stereocenters. The van der Waals surface area contributed by atoms with Crippen molar-refractivity contribution >= 4 is 17.6 Å². The third kappa shape index (κ3) is 3.05. The minimum Gasteiger partial charge on any atom is -0.331 e. The second-order valence-electron chi connectivity index (χ2n) is 7.27. The fourth-order valence-corrected chi connectivity index (χ4v) is 4.21. The van der Waals surface area contributed by atoms with E-state index in [0.717, 1.165) is 23.2 Å². The standard InChI is InChI=1S/C21H24N4O2/c1-2-17(15-6-5-11-22-14-15)24-20(27)25-12-9-21(10-13-25)16-7-3-4-8-18(16)23-19(21)26/h3-8,11,14,17H,2,9-10,12-13H2,1H3,(H,23,26)(H,24,27). The number of hydrogen-bond donors (Lipinski definition) is 2. The Labute approximate surface area is 159 Å². The highest BCUT2D eigenvalue weighted by Crippen LogP contribution is 2.44. The Balaban J connectivity index is 1.44. The minimum atomic E-state index is -0.499. The van der Waals surface area contributed by atoms with Gasteiger partial charge in [0.25, 0.3) is 0 Å². The van der Waals surface area contributed by atoms with Crippen LogP contribution in [0.15, 0.2) is 48.8 Å². The van der Waals surface area contributed by atoms with E-state index >= 15 is 0 Å². The summed E-state index contributed by atoms with van der Waals surface area (Å²) in [5.74, 6) is 0.0607. The number of piperidine rings is 1. The number of carbonyl (C=O) groups is 2. The van der Waals surface area contributed by atoms with Crippen molar-refractivity contribution in [1.29, 1.82) is 0 Å². The molecule has 2 N–H and O–H groups in total. The van der Waals surface area contributed by atoms with E-state index in [1.54, 1.807) is 12.4 Å². The average Bonchev–Trinajstić information content (AvgIpc) is 2.98. The number of anilines is 1. The number of carbonyl (C=O) groups excluding carboxylic acids is 2. The van der Waals surface area contributed by atoms with Crippen LogP contribution in [0.3, 0.4) is 0 Å². The first-order valence-corrected chi connectivity index (χ1v) is 9.50. The molecule has 0 bridgehead atoms. The zero-order chi connectivity index (χ0) is 18.9. The second kappa shape index (κ2) is 7.02. The molecular weight excluding hydrogens is 340 g/mol. The lowest BCUT2D eigenvalue weighted by atomic mass is 9.74. The van der Waals surface area contributed by atoms with Crippen molar-refractivity contribution in [2.45, 2.75) is 37.6 Å². The summed E-state index contributed by atoms with van der Waals surface area (Å²) in [5.41, 5.74) is 2.48. The molecule has 2 aliphatic heterocycles. The molecule has 27 heavy (non-hydrogen) atoms. The van der Waals surface area contributed by atoms with Crippen molar-refractivity contribution in [3.63, 3.8) is 0 Å². The van der Waals surface area contributed by atoms with Crippen LogP contribution in [0.1, 0.15) is 43.4 Å². The Hall–Kier alpha value is -2.89. The molecule has 3 heterocycles. The van der Waals surface area contributed by atoms with E-state index in [1.807, 2.05) is 48.2 Å². The summed E-state index contributed by atoms with van der Waals surface area (Å²) in [6.07, 6.45) is 5.61. The normalized spacial score (nSPS) is 18.7. The second-order valence-corrected chi connectivity index (χ2v) is 7.27. The van der Waals surface area contributed by atoms with Crippen molar-refractivity contribution in [3.05, 3.63) is 59.9 Å². The van der Waals surface area contributed by atoms with Crippen LogP contribution in [0.25, 0.3) is 0 Å². The number of amides is 3. The largest absolute Gasteiger partial charge is 0.331 e. The highest BCUT2D eigenvalue weighted by atomic mass is 16.2. The molecule has 0 saturated carbocycles. The van der Waals surface area contributed by atoms with Gasteiger partial charge in [0.15, 0.2) is 0 Å². The molecule has 0 radical (unpaired) electrons. The molecule has 2 aliphatic rings. The van der Waals surface area contributed by atoms with Gasteiger partial charge in [0, 0.05) is 31.2 Å². The Bertz CT molecular complexity index is 844. The van der Waals surface area contributed by atoms with Crippen LogP contribution in [0.2, 0.25) is 0 Å². The number of pyridine rings is 1. The van der Waals surface area contributed by atoms with Crippen LogP contribution in [0.4, 0.5) is 10.5 Å². The number of urea groups is 1. The Morgan fingerprint density at radius 3 is 2.74 bits per heavy atom. The monoisotopic (exact) mass is 364 g/mol. The molecule has 6 heteroatoms. The zero-order valence-corrected chi connectivity index (χ0v) is 15.4. The molecule has 1 unspecified atom stereocenters. The highest BCUT2D eigenvalue weighted by molar-refractivity contribution is 6.06. The molecule has 140 valence electrons. The summed E-state index contributed by atoms with van der Waals surface area (Å²) < 4.78 is 0. The van der Waals surface area contributed by atoms with E-state index < -0.39 is 5.41 Å². The Morgan fingerprint density at radius 2 is 2.04 bits per heavy atom. The smallest absolute Gasteiger partial charge is 0.317 e. The number of nitrogens with one attached hydrogen (secondary N) is 2. The van der Waals surface area contributed by atoms with Crippen LogP contribution in [-0.4, -0.2) is 34.9 Å². The molecule has 1 aromatic heterocycles. The van der Waals surface area contributed by atoms with E-state index in [-0.39, 0.29) is 18.0 Å². The number of nitrogens with zero attached hydrogens (tertiary/aromatic N) is 2. The maximum Gasteiger partial charge on any atom is 0.317 e. The van der Waals surface area contributed by atoms with E-state index in [0.29, 0.717) is 25.9 Å². The fraction of sp³-hybridized carbons (Fsp3) is 0.381. The summed E-state index contributed by atoms with van der Waals surface area (Å²) in [4.78, 5) is 31.4. The lowest BCUT2D eigenvalue weighted by Crippen LogP contribution is -2.51. The van der Waals surface area contributed by atoms with Crippen molar-refractivity contribution < 1.29 is 9.59 Å². The van der Waals surface area contributed by atoms with Gasteiger partial charge >= 0.3 is 6.03 Å². The van der Waals surface area contributed by atoms with E-state index in [1.165, 1.54) is 0 Å². The number of para-hydroxylation sites is 1. The molecule has 1 aromatic carbocycles. The first kappa shape index (κ1) is 17.5. The minimum absolute atomic E-state index is 0.0578. The van der Waals surface area contributed by atoms with Crippen LogP contribution in [-0.2, 0) is 10.2 Å². The molecule has 1 fully saturated rings. The quantitative estimate of drug-likeness (QED) is 0.878. The number of hydrogen-bond acceptors (Lipinski definition) is 3. The molecule has 2 aromatic rings. The molecule has 6 nitrogen and oxygen atoms in total. The maximum absolute atomic E-state index is 12.8.